The number of rotatable bonds is 4. The van der Waals surface area contributed by atoms with E-state index in [1.165, 1.54) is 5.56 Å². The van der Waals surface area contributed by atoms with Gasteiger partial charge in [-0.25, -0.2) is 0 Å². The van der Waals surface area contributed by atoms with Crippen molar-refractivity contribution in [1.29, 1.82) is 0 Å². The lowest BCUT2D eigenvalue weighted by molar-refractivity contribution is 0.0366. The van der Waals surface area contributed by atoms with E-state index in [-0.39, 0.29) is 5.91 Å². The zero-order valence-corrected chi connectivity index (χ0v) is 15.8. The predicted octanol–water partition coefficient (Wildman–Crippen LogP) is 1.66. The second kappa shape index (κ2) is 8.19. The molecule has 0 unspecified atom stereocenters. The average Bonchev–Trinajstić information content (AvgIpc) is 3.11. The fourth-order valence-corrected chi connectivity index (χ4v) is 4.09. The molecule has 4 heterocycles. The van der Waals surface area contributed by atoms with Crippen molar-refractivity contribution in [3.63, 3.8) is 0 Å². The lowest BCUT2D eigenvalue weighted by atomic mass is 9.90. The van der Waals surface area contributed by atoms with Crippen LogP contribution in [-0.2, 0) is 17.8 Å². The summed E-state index contributed by atoms with van der Waals surface area (Å²) in [5, 5.41) is 4.39. The van der Waals surface area contributed by atoms with E-state index in [0.29, 0.717) is 17.7 Å². The van der Waals surface area contributed by atoms with Gasteiger partial charge >= 0.3 is 0 Å². The molecule has 2 atom stereocenters. The normalized spacial score (nSPS) is 23.7. The van der Waals surface area contributed by atoms with Gasteiger partial charge in [-0.15, -0.1) is 0 Å². The molecule has 27 heavy (non-hydrogen) atoms. The van der Waals surface area contributed by atoms with Crippen LogP contribution < -0.4 is 0 Å². The molecule has 2 aromatic rings. The molecule has 0 bridgehead atoms. The standard InChI is InChI=1S/C20H27N5O2/c1-2-25-9-6-18(22-25)20(26)24-8-5-17-15-27-11-10-23(19(17)14-24)13-16-4-3-7-21-12-16/h3-4,6-7,9,12,17,19H,2,5,8,10-11,13-15H2,1H3/t17-,19-/m1/s1. The Hall–Kier alpha value is -2.25. The first-order chi connectivity index (χ1) is 13.2. The molecule has 2 saturated heterocycles. The average molecular weight is 369 g/mol. The van der Waals surface area contributed by atoms with Crippen LogP contribution in [0.2, 0.25) is 0 Å². The molecule has 4 rings (SSSR count). The summed E-state index contributed by atoms with van der Waals surface area (Å²) in [6.07, 6.45) is 6.56. The van der Waals surface area contributed by atoms with Crippen molar-refractivity contribution in [3.05, 3.63) is 48.0 Å². The van der Waals surface area contributed by atoms with Crippen LogP contribution >= 0.6 is 0 Å². The molecule has 7 nitrogen and oxygen atoms in total. The fraction of sp³-hybridized carbons (Fsp3) is 0.550. The van der Waals surface area contributed by atoms with Gasteiger partial charge in [-0.05, 0) is 31.0 Å². The maximum atomic E-state index is 12.9. The number of likely N-dealkylation sites (tertiary alicyclic amines) is 1. The Morgan fingerprint density at radius 3 is 3.04 bits per heavy atom. The Balaban J connectivity index is 1.49. The number of carbonyl (C=O) groups excluding carboxylic acids is 1. The summed E-state index contributed by atoms with van der Waals surface area (Å²) in [6, 6.07) is 6.21. The SMILES string of the molecule is CCn1ccc(C(=O)N2CC[C@@H]3COCCN(Cc4cccnc4)[C@@H]3C2)n1. The number of pyridine rings is 1. The van der Waals surface area contributed by atoms with Gasteiger partial charge in [-0.3, -0.25) is 19.4 Å². The highest BCUT2D eigenvalue weighted by atomic mass is 16.5. The molecule has 2 fully saturated rings. The molecule has 144 valence electrons. The molecule has 2 aliphatic heterocycles. The first-order valence-corrected chi connectivity index (χ1v) is 9.78. The second-order valence-corrected chi connectivity index (χ2v) is 7.33. The van der Waals surface area contributed by atoms with E-state index >= 15 is 0 Å². The number of carbonyl (C=O) groups is 1. The summed E-state index contributed by atoms with van der Waals surface area (Å²) in [5.41, 5.74) is 1.74. The molecule has 0 aromatic carbocycles. The third-order valence-electron chi connectivity index (χ3n) is 5.62. The maximum absolute atomic E-state index is 12.9. The number of fused-ring (bicyclic) bond motifs is 1. The molecule has 0 saturated carbocycles. The smallest absolute Gasteiger partial charge is 0.274 e. The van der Waals surface area contributed by atoms with Crippen molar-refractivity contribution < 1.29 is 9.53 Å². The van der Waals surface area contributed by atoms with Gasteiger partial charge in [-0.1, -0.05) is 6.07 Å². The summed E-state index contributed by atoms with van der Waals surface area (Å²) in [7, 11) is 0. The summed E-state index contributed by atoms with van der Waals surface area (Å²) in [6.45, 7) is 7.52. The van der Waals surface area contributed by atoms with E-state index in [1.807, 2.05) is 36.4 Å². The van der Waals surface area contributed by atoms with Crippen LogP contribution in [0.3, 0.4) is 0 Å². The number of ether oxygens (including phenoxy) is 1. The zero-order valence-electron chi connectivity index (χ0n) is 15.8. The van der Waals surface area contributed by atoms with Gasteiger partial charge in [0, 0.05) is 63.3 Å². The summed E-state index contributed by atoms with van der Waals surface area (Å²) < 4.78 is 7.65. The number of hydrogen-bond donors (Lipinski definition) is 0. The molecular formula is C20H27N5O2. The maximum Gasteiger partial charge on any atom is 0.274 e. The van der Waals surface area contributed by atoms with Gasteiger partial charge < -0.3 is 9.64 Å². The minimum absolute atomic E-state index is 0.0344. The Morgan fingerprint density at radius 1 is 1.33 bits per heavy atom. The molecule has 7 heteroatoms. The van der Waals surface area contributed by atoms with Gasteiger partial charge in [0.2, 0.25) is 0 Å². The zero-order chi connectivity index (χ0) is 18.6. The molecule has 2 aromatic heterocycles. The highest BCUT2D eigenvalue weighted by Crippen LogP contribution is 2.27. The predicted molar refractivity (Wildman–Crippen MR) is 101 cm³/mol. The molecule has 0 aliphatic carbocycles. The number of nitrogens with zero attached hydrogens (tertiary/aromatic N) is 5. The van der Waals surface area contributed by atoms with Gasteiger partial charge in [0.1, 0.15) is 5.69 Å². The van der Waals surface area contributed by atoms with Crippen LogP contribution in [0.15, 0.2) is 36.8 Å². The van der Waals surface area contributed by atoms with Gasteiger partial charge in [-0.2, -0.15) is 5.10 Å². The van der Waals surface area contributed by atoms with Crippen LogP contribution in [0.4, 0.5) is 0 Å². The van der Waals surface area contributed by atoms with Crippen LogP contribution in [0.5, 0.6) is 0 Å². The molecule has 1 amide bonds. The van der Waals surface area contributed by atoms with E-state index in [4.69, 9.17) is 4.74 Å². The third-order valence-corrected chi connectivity index (χ3v) is 5.62. The quantitative estimate of drug-likeness (QED) is 0.820. The Kier molecular flexibility index (Phi) is 5.50. The second-order valence-electron chi connectivity index (χ2n) is 7.33. The summed E-state index contributed by atoms with van der Waals surface area (Å²) in [4.78, 5) is 21.6. The summed E-state index contributed by atoms with van der Waals surface area (Å²) in [5.74, 6) is 0.494. The Morgan fingerprint density at radius 2 is 2.26 bits per heavy atom. The van der Waals surface area contributed by atoms with Crippen molar-refractivity contribution in [1.82, 2.24) is 24.6 Å². The van der Waals surface area contributed by atoms with E-state index in [9.17, 15) is 4.79 Å². The van der Waals surface area contributed by atoms with Crippen LogP contribution in [-0.4, -0.2) is 69.4 Å². The van der Waals surface area contributed by atoms with Crippen molar-refractivity contribution in [2.24, 2.45) is 5.92 Å². The van der Waals surface area contributed by atoms with Crippen molar-refractivity contribution in [2.45, 2.75) is 32.5 Å². The Bertz CT molecular complexity index is 763. The molecular weight excluding hydrogens is 342 g/mol. The molecule has 0 spiro atoms. The van der Waals surface area contributed by atoms with Crippen LogP contribution in [0.25, 0.3) is 0 Å². The van der Waals surface area contributed by atoms with E-state index < -0.39 is 0 Å². The third kappa shape index (κ3) is 4.04. The molecule has 0 radical (unpaired) electrons. The number of aromatic nitrogens is 3. The largest absolute Gasteiger partial charge is 0.380 e. The minimum Gasteiger partial charge on any atom is -0.380 e. The van der Waals surface area contributed by atoms with E-state index in [0.717, 1.165) is 52.4 Å². The highest BCUT2D eigenvalue weighted by Gasteiger charge is 2.37. The minimum atomic E-state index is 0.0344. The molecule has 2 aliphatic rings. The number of amides is 1. The lowest BCUT2D eigenvalue weighted by Crippen LogP contribution is -2.54. The van der Waals surface area contributed by atoms with Crippen molar-refractivity contribution >= 4 is 5.91 Å². The lowest BCUT2D eigenvalue weighted by Gasteiger charge is -2.42. The van der Waals surface area contributed by atoms with Crippen molar-refractivity contribution in [3.8, 4) is 0 Å². The fourth-order valence-electron chi connectivity index (χ4n) is 4.09. The van der Waals surface area contributed by atoms with Gasteiger partial charge in [0.05, 0.1) is 13.2 Å². The van der Waals surface area contributed by atoms with E-state index in [2.05, 4.69) is 21.0 Å². The van der Waals surface area contributed by atoms with Crippen molar-refractivity contribution in [2.75, 3.05) is 32.8 Å². The Labute approximate surface area is 159 Å². The highest BCUT2D eigenvalue weighted by molar-refractivity contribution is 5.92. The van der Waals surface area contributed by atoms with Gasteiger partial charge in [0.15, 0.2) is 0 Å². The number of hydrogen-bond acceptors (Lipinski definition) is 5. The summed E-state index contributed by atoms with van der Waals surface area (Å²) >= 11 is 0. The van der Waals surface area contributed by atoms with Gasteiger partial charge in [0.25, 0.3) is 5.91 Å². The number of piperidine rings is 1. The van der Waals surface area contributed by atoms with Crippen LogP contribution in [0, 0.1) is 5.92 Å². The number of aryl methyl sites for hydroxylation is 1. The van der Waals surface area contributed by atoms with Crippen LogP contribution in [0.1, 0.15) is 29.4 Å². The monoisotopic (exact) mass is 369 g/mol. The molecule has 0 N–H and O–H groups in total. The topological polar surface area (TPSA) is 63.5 Å². The van der Waals surface area contributed by atoms with E-state index in [1.54, 1.807) is 10.9 Å². The first-order valence-electron chi connectivity index (χ1n) is 9.78. The first kappa shape index (κ1) is 18.1.